The van der Waals surface area contributed by atoms with Crippen LogP contribution in [0.15, 0.2) is 78.9 Å². The number of halogens is 1. The maximum absolute atomic E-state index is 16.2. The van der Waals surface area contributed by atoms with E-state index in [-0.39, 0.29) is 47.7 Å². The molecule has 1 saturated carbocycles. The van der Waals surface area contributed by atoms with Crippen molar-refractivity contribution < 1.29 is 28.6 Å². The molecule has 0 aromatic heterocycles. The molecule has 11 heteroatoms. The van der Waals surface area contributed by atoms with Crippen molar-refractivity contribution >= 4 is 29.1 Å². The first-order chi connectivity index (χ1) is 29.2. The molecule has 0 radical (unpaired) electrons. The number of piperazine rings is 1. The van der Waals surface area contributed by atoms with E-state index in [1.807, 2.05) is 30.3 Å². The molecular weight excluding hydrogens is 758 g/mol. The van der Waals surface area contributed by atoms with E-state index in [4.69, 9.17) is 4.74 Å². The van der Waals surface area contributed by atoms with Gasteiger partial charge in [-0.25, -0.2) is 4.39 Å². The van der Waals surface area contributed by atoms with E-state index in [1.165, 1.54) is 24.0 Å². The summed E-state index contributed by atoms with van der Waals surface area (Å²) in [6, 6.07) is 25.8. The van der Waals surface area contributed by atoms with Crippen molar-refractivity contribution in [1.82, 2.24) is 15.1 Å². The summed E-state index contributed by atoms with van der Waals surface area (Å²) in [5.41, 5.74) is 8.18. The third-order valence-electron chi connectivity index (χ3n) is 15.2. The molecule has 1 unspecified atom stereocenters. The number of nitrogens with zero attached hydrogens (tertiary/aromatic N) is 4. The average Bonchev–Trinajstić information content (AvgIpc) is 3.56. The molecule has 4 aromatic rings. The molecule has 60 heavy (non-hydrogen) atoms. The Bertz CT molecular complexity index is 2370. The number of piperidine rings is 2. The number of phenols is 1. The van der Waals surface area contributed by atoms with Crippen LogP contribution in [0.4, 0.5) is 15.8 Å². The van der Waals surface area contributed by atoms with Crippen LogP contribution >= 0.6 is 0 Å². The van der Waals surface area contributed by atoms with Gasteiger partial charge in [-0.1, -0.05) is 42.5 Å². The Morgan fingerprint density at radius 1 is 0.817 bits per heavy atom. The first-order valence-electron chi connectivity index (χ1n) is 22.0. The number of ether oxygens (including phenoxy) is 1. The second-order valence-electron chi connectivity index (χ2n) is 18.7. The number of aryl methyl sites for hydroxylation is 1. The van der Waals surface area contributed by atoms with Gasteiger partial charge in [-0.15, -0.1) is 0 Å². The third kappa shape index (κ3) is 6.51. The van der Waals surface area contributed by atoms with Gasteiger partial charge in [0, 0.05) is 63.7 Å². The van der Waals surface area contributed by atoms with E-state index >= 15 is 4.39 Å². The standard InChI is InChI=1S/C49H52FN5O5/c50-40-21-33(46-37(31-4-2-1-3-5-31)9-6-32-20-36(56)8-10-38(32)46)7-11-41(40)53-16-14-49(15-17-53)24-30(25-49)26-52-18-19-54-35(28-52)29-60-44-23-39-34(22-43(44)54)27-55(48(39)59)42-12-13-45(57)51-47(42)58/h1-5,7-8,10-11,20-23,30,35,37,42,46,56H,6,9,12-19,24-29H2,(H,51,57,58)/t35-,37-,42?,46+/m0/s1. The van der Waals surface area contributed by atoms with Gasteiger partial charge in [0.25, 0.3) is 5.91 Å². The molecule has 3 saturated heterocycles. The van der Waals surface area contributed by atoms with Crippen LogP contribution in [0.2, 0.25) is 0 Å². The molecule has 10 nitrogen and oxygen atoms in total. The maximum atomic E-state index is 16.2. The molecule has 310 valence electrons. The van der Waals surface area contributed by atoms with Gasteiger partial charge in [0.05, 0.1) is 17.4 Å². The lowest BCUT2D eigenvalue weighted by Crippen LogP contribution is -2.59. The largest absolute Gasteiger partial charge is 0.508 e. The van der Waals surface area contributed by atoms with Crippen molar-refractivity contribution in [3.8, 4) is 11.5 Å². The quantitative estimate of drug-likeness (QED) is 0.207. The number of carbonyl (C=O) groups is 3. The molecule has 5 aliphatic heterocycles. The highest BCUT2D eigenvalue weighted by Gasteiger charge is 2.47. The van der Waals surface area contributed by atoms with E-state index in [9.17, 15) is 19.5 Å². The van der Waals surface area contributed by atoms with Crippen LogP contribution in [0.1, 0.15) is 95.0 Å². The lowest BCUT2D eigenvalue weighted by molar-refractivity contribution is -0.136. The Labute approximate surface area is 350 Å². The lowest BCUT2D eigenvalue weighted by Gasteiger charge is -2.54. The van der Waals surface area contributed by atoms with Gasteiger partial charge < -0.3 is 24.5 Å². The SMILES string of the molecule is O=C1CCC(N2Cc3cc4c(cc3C2=O)OC[C@@H]2CN(CC3CC5(CCN(c6ccc([C@H]7c8ccc(O)cc8CC[C@H]7c7ccccc7)cc6F)CC5)C3)CCN42)C(=O)N1. The maximum Gasteiger partial charge on any atom is 0.255 e. The predicted molar refractivity (Wildman–Crippen MR) is 226 cm³/mol. The van der Waals surface area contributed by atoms with E-state index in [0.717, 1.165) is 93.1 Å². The summed E-state index contributed by atoms with van der Waals surface area (Å²) >= 11 is 0. The number of aromatic hydroxyl groups is 1. The van der Waals surface area contributed by atoms with Crippen LogP contribution in [0.3, 0.4) is 0 Å². The Morgan fingerprint density at radius 2 is 1.65 bits per heavy atom. The number of fused-ring (bicyclic) bond motifs is 5. The van der Waals surface area contributed by atoms with E-state index in [2.05, 4.69) is 56.4 Å². The average molecular weight is 810 g/mol. The van der Waals surface area contributed by atoms with E-state index in [0.29, 0.717) is 42.2 Å². The number of hydrogen-bond acceptors (Lipinski definition) is 8. The van der Waals surface area contributed by atoms with Crippen molar-refractivity contribution in [2.75, 3.05) is 55.7 Å². The zero-order chi connectivity index (χ0) is 40.7. The fraction of sp³-hybridized carbons (Fsp3) is 0.449. The molecule has 3 amide bonds. The number of amides is 3. The van der Waals surface area contributed by atoms with Gasteiger partial charge in [0.15, 0.2) is 0 Å². The number of phenolic OH excluding ortho intramolecular Hbond substituents is 1. The molecule has 4 aromatic carbocycles. The Kier molecular flexibility index (Phi) is 9.17. The number of nitrogens with one attached hydrogen (secondary N) is 1. The van der Waals surface area contributed by atoms with Crippen LogP contribution in [0, 0.1) is 17.2 Å². The van der Waals surface area contributed by atoms with Gasteiger partial charge in [-0.2, -0.15) is 0 Å². The van der Waals surface area contributed by atoms with Gasteiger partial charge in [0.2, 0.25) is 11.8 Å². The normalized spacial score (nSPS) is 26.1. The number of carbonyl (C=O) groups excluding carboxylic acids is 3. The van der Waals surface area contributed by atoms with Gasteiger partial charge in [-0.3, -0.25) is 24.6 Å². The second kappa shape index (κ2) is 14.6. The minimum atomic E-state index is -0.631. The van der Waals surface area contributed by atoms with Crippen LogP contribution in [0.5, 0.6) is 11.5 Å². The number of anilines is 2. The zero-order valence-electron chi connectivity index (χ0n) is 34.0. The minimum absolute atomic E-state index is 0.0221. The molecule has 4 atom stereocenters. The first kappa shape index (κ1) is 37.6. The molecule has 7 aliphatic rings. The summed E-state index contributed by atoms with van der Waals surface area (Å²) < 4.78 is 22.5. The summed E-state index contributed by atoms with van der Waals surface area (Å²) in [6.07, 6.45) is 7.07. The van der Waals surface area contributed by atoms with Crippen LogP contribution in [-0.2, 0) is 22.6 Å². The molecule has 0 bridgehead atoms. The fourth-order valence-corrected chi connectivity index (χ4v) is 12.2. The van der Waals surface area contributed by atoms with Crippen molar-refractivity contribution in [3.63, 3.8) is 0 Å². The van der Waals surface area contributed by atoms with Crippen molar-refractivity contribution in [2.24, 2.45) is 11.3 Å². The molecule has 2 N–H and O–H groups in total. The van der Waals surface area contributed by atoms with Gasteiger partial charge in [0.1, 0.15) is 30.0 Å². The number of benzene rings is 4. The highest BCUT2D eigenvalue weighted by molar-refractivity contribution is 6.06. The minimum Gasteiger partial charge on any atom is -0.508 e. The summed E-state index contributed by atoms with van der Waals surface area (Å²) in [7, 11) is 0. The summed E-state index contributed by atoms with van der Waals surface area (Å²) in [4.78, 5) is 46.6. The van der Waals surface area contributed by atoms with Gasteiger partial charge in [-0.05, 0) is 126 Å². The molecule has 4 fully saturated rings. The molecule has 11 rings (SSSR count). The summed E-state index contributed by atoms with van der Waals surface area (Å²) in [5, 5.41) is 12.6. The highest BCUT2D eigenvalue weighted by Crippen LogP contribution is 2.54. The van der Waals surface area contributed by atoms with Crippen LogP contribution < -0.4 is 19.9 Å². The molecular formula is C49H52FN5O5. The first-order valence-corrected chi connectivity index (χ1v) is 22.0. The van der Waals surface area contributed by atoms with Crippen molar-refractivity contribution in [1.29, 1.82) is 0 Å². The Morgan fingerprint density at radius 3 is 2.45 bits per heavy atom. The van der Waals surface area contributed by atoms with Crippen molar-refractivity contribution in [3.05, 3.63) is 118 Å². The van der Waals surface area contributed by atoms with Crippen LogP contribution in [0.25, 0.3) is 0 Å². The Hall–Kier alpha value is -5.42. The zero-order valence-corrected chi connectivity index (χ0v) is 34.0. The van der Waals surface area contributed by atoms with Crippen LogP contribution in [-0.4, -0.2) is 90.6 Å². The summed E-state index contributed by atoms with van der Waals surface area (Å²) in [5.74, 6) is 0.939. The molecule has 1 spiro atoms. The van der Waals surface area contributed by atoms with E-state index in [1.54, 1.807) is 17.0 Å². The van der Waals surface area contributed by atoms with E-state index < -0.39 is 11.9 Å². The number of rotatable bonds is 6. The summed E-state index contributed by atoms with van der Waals surface area (Å²) in [6.45, 7) is 6.57. The lowest BCUT2D eigenvalue weighted by atomic mass is 9.57. The molecule has 2 aliphatic carbocycles. The third-order valence-corrected chi connectivity index (χ3v) is 15.2. The smallest absolute Gasteiger partial charge is 0.255 e. The van der Waals surface area contributed by atoms with Crippen molar-refractivity contribution in [2.45, 2.75) is 81.8 Å². The predicted octanol–water partition coefficient (Wildman–Crippen LogP) is 6.73. The Balaban J connectivity index is 0.697. The molecule has 5 heterocycles. The van der Waals surface area contributed by atoms with Gasteiger partial charge >= 0.3 is 0 Å². The highest BCUT2D eigenvalue weighted by atomic mass is 19.1. The topological polar surface area (TPSA) is 106 Å². The fourth-order valence-electron chi connectivity index (χ4n) is 12.2. The number of imide groups is 1. The second-order valence-corrected chi connectivity index (χ2v) is 18.7. The monoisotopic (exact) mass is 809 g/mol. The number of hydrogen-bond donors (Lipinski definition) is 2.